The fraction of sp³-hybridized carbons (Fsp3) is 0.462. The monoisotopic (exact) mass is 250 g/mol. The van der Waals surface area contributed by atoms with Crippen molar-refractivity contribution in [2.24, 2.45) is 0 Å². The number of thiocarbonyl (C=S) groups is 1. The van der Waals surface area contributed by atoms with Gasteiger partial charge in [0.25, 0.3) is 0 Å². The SMILES string of the molecule is CC(C)Oc1cccc(NC(=S)NC2CC2)c1. The largest absolute Gasteiger partial charge is 0.491 e. The predicted molar refractivity (Wildman–Crippen MR) is 74.6 cm³/mol. The first-order valence-corrected chi connectivity index (χ1v) is 6.38. The van der Waals surface area contributed by atoms with Gasteiger partial charge in [0, 0.05) is 17.8 Å². The van der Waals surface area contributed by atoms with Gasteiger partial charge < -0.3 is 15.4 Å². The van der Waals surface area contributed by atoms with Crippen LogP contribution in [0, 0.1) is 0 Å². The molecule has 17 heavy (non-hydrogen) atoms. The molecule has 1 aliphatic rings. The van der Waals surface area contributed by atoms with Crippen LogP contribution in [0.5, 0.6) is 5.75 Å². The number of ether oxygens (including phenoxy) is 1. The second kappa shape index (κ2) is 5.36. The molecular weight excluding hydrogens is 232 g/mol. The van der Waals surface area contributed by atoms with Crippen molar-refractivity contribution in [2.75, 3.05) is 5.32 Å². The third kappa shape index (κ3) is 4.23. The Morgan fingerprint density at radius 3 is 2.82 bits per heavy atom. The minimum absolute atomic E-state index is 0.182. The normalized spacial score (nSPS) is 14.5. The first kappa shape index (κ1) is 12.2. The van der Waals surface area contributed by atoms with E-state index in [-0.39, 0.29) is 6.10 Å². The van der Waals surface area contributed by atoms with Crippen molar-refractivity contribution in [3.63, 3.8) is 0 Å². The number of benzene rings is 1. The summed E-state index contributed by atoms with van der Waals surface area (Å²) >= 11 is 5.22. The van der Waals surface area contributed by atoms with Gasteiger partial charge in [-0.2, -0.15) is 0 Å². The van der Waals surface area contributed by atoms with E-state index in [0.29, 0.717) is 11.2 Å². The molecule has 0 atom stereocenters. The van der Waals surface area contributed by atoms with E-state index in [2.05, 4.69) is 10.6 Å². The molecule has 1 fully saturated rings. The molecule has 0 amide bonds. The molecule has 0 unspecified atom stereocenters. The fourth-order valence-corrected chi connectivity index (χ4v) is 1.78. The van der Waals surface area contributed by atoms with Crippen LogP contribution >= 0.6 is 12.2 Å². The Morgan fingerprint density at radius 1 is 1.41 bits per heavy atom. The third-order valence-electron chi connectivity index (χ3n) is 2.38. The van der Waals surface area contributed by atoms with Crippen LogP contribution < -0.4 is 15.4 Å². The van der Waals surface area contributed by atoms with E-state index in [0.717, 1.165) is 11.4 Å². The Balaban J connectivity index is 1.92. The molecule has 0 saturated heterocycles. The van der Waals surface area contributed by atoms with Crippen molar-refractivity contribution in [1.82, 2.24) is 5.32 Å². The Labute approximate surface area is 108 Å². The molecule has 3 nitrogen and oxygen atoms in total. The van der Waals surface area contributed by atoms with E-state index >= 15 is 0 Å². The van der Waals surface area contributed by atoms with E-state index in [1.165, 1.54) is 12.8 Å². The van der Waals surface area contributed by atoms with Crippen LogP contribution in [-0.2, 0) is 0 Å². The summed E-state index contributed by atoms with van der Waals surface area (Å²) in [5, 5.41) is 7.10. The number of hydrogen-bond donors (Lipinski definition) is 2. The Morgan fingerprint density at radius 2 is 2.18 bits per heavy atom. The summed E-state index contributed by atoms with van der Waals surface area (Å²) in [6.07, 6.45) is 2.62. The standard InChI is InChI=1S/C13H18N2OS/c1-9(2)16-12-5-3-4-11(8-12)15-13(17)14-10-6-7-10/h3-5,8-10H,6-7H2,1-2H3,(H2,14,15,17). The van der Waals surface area contributed by atoms with Crippen molar-refractivity contribution in [1.29, 1.82) is 0 Å². The molecule has 0 spiro atoms. The second-order valence-corrected chi connectivity index (χ2v) is 4.98. The maximum absolute atomic E-state index is 5.63. The zero-order chi connectivity index (χ0) is 12.3. The van der Waals surface area contributed by atoms with Crippen molar-refractivity contribution < 1.29 is 4.74 Å². The first-order chi connectivity index (χ1) is 8.13. The zero-order valence-electron chi connectivity index (χ0n) is 10.2. The van der Waals surface area contributed by atoms with Crippen molar-refractivity contribution in [3.8, 4) is 5.75 Å². The van der Waals surface area contributed by atoms with E-state index in [1.54, 1.807) is 0 Å². The fourth-order valence-electron chi connectivity index (χ4n) is 1.50. The lowest BCUT2D eigenvalue weighted by molar-refractivity contribution is 0.242. The summed E-state index contributed by atoms with van der Waals surface area (Å²) in [4.78, 5) is 0. The third-order valence-corrected chi connectivity index (χ3v) is 2.60. The molecule has 2 N–H and O–H groups in total. The molecular formula is C13H18N2OS. The van der Waals surface area contributed by atoms with Crippen molar-refractivity contribution in [2.45, 2.75) is 38.8 Å². The van der Waals surface area contributed by atoms with Crippen LogP contribution in [0.3, 0.4) is 0 Å². The molecule has 0 aliphatic heterocycles. The number of hydrogen-bond acceptors (Lipinski definition) is 2. The van der Waals surface area contributed by atoms with Crippen LogP contribution in [0.15, 0.2) is 24.3 Å². The molecule has 1 aromatic carbocycles. The number of nitrogens with one attached hydrogen (secondary N) is 2. The van der Waals surface area contributed by atoms with Gasteiger partial charge in [0.05, 0.1) is 6.10 Å². The second-order valence-electron chi connectivity index (χ2n) is 4.57. The van der Waals surface area contributed by atoms with Crippen LogP contribution in [0.2, 0.25) is 0 Å². The van der Waals surface area contributed by atoms with Crippen LogP contribution in [0.1, 0.15) is 26.7 Å². The van der Waals surface area contributed by atoms with Crippen LogP contribution in [0.25, 0.3) is 0 Å². The maximum atomic E-state index is 5.63. The van der Waals surface area contributed by atoms with Gasteiger partial charge in [-0.1, -0.05) is 6.07 Å². The molecule has 4 heteroatoms. The van der Waals surface area contributed by atoms with Gasteiger partial charge >= 0.3 is 0 Å². The number of rotatable bonds is 4. The molecule has 0 radical (unpaired) electrons. The van der Waals surface area contributed by atoms with Gasteiger partial charge in [-0.3, -0.25) is 0 Å². The average molecular weight is 250 g/mol. The predicted octanol–water partition coefficient (Wildman–Crippen LogP) is 2.92. The highest BCUT2D eigenvalue weighted by atomic mass is 32.1. The summed E-state index contributed by atoms with van der Waals surface area (Å²) in [6, 6.07) is 8.42. The van der Waals surface area contributed by atoms with Gasteiger partial charge in [-0.25, -0.2) is 0 Å². The van der Waals surface area contributed by atoms with E-state index in [1.807, 2.05) is 38.1 Å². The summed E-state index contributed by atoms with van der Waals surface area (Å²) in [5.41, 5.74) is 0.960. The molecule has 0 heterocycles. The summed E-state index contributed by atoms with van der Waals surface area (Å²) in [6.45, 7) is 4.03. The van der Waals surface area contributed by atoms with Gasteiger partial charge in [-0.05, 0) is 51.0 Å². The lowest BCUT2D eigenvalue weighted by atomic mass is 10.3. The van der Waals surface area contributed by atoms with Gasteiger partial charge in [0.15, 0.2) is 5.11 Å². The van der Waals surface area contributed by atoms with Gasteiger partial charge in [0.2, 0.25) is 0 Å². The molecule has 1 aliphatic carbocycles. The molecule has 0 aromatic heterocycles. The lowest BCUT2D eigenvalue weighted by Crippen LogP contribution is -2.30. The van der Waals surface area contributed by atoms with Crippen molar-refractivity contribution in [3.05, 3.63) is 24.3 Å². The highest BCUT2D eigenvalue weighted by molar-refractivity contribution is 7.80. The van der Waals surface area contributed by atoms with E-state index < -0.39 is 0 Å². The van der Waals surface area contributed by atoms with E-state index in [4.69, 9.17) is 17.0 Å². The maximum Gasteiger partial charge on any atom is 0.170 e. The summed E-state index contributed by atoms with van der Waals surface area (Å²) in [5.74, 6) is 0.860. The first-order valence-electron chi connectivity index (χ1n) is 5.98. The summed E-state index contributed by atoms with van der Waals surface area (Å²) < 4.78 is 5.63. The smallest absolute Gasteiger partial charge is 0.170 e. The van der Waals surface area contributed by atoms with Crippen LogP contribution in [0.4, 0.5) is 5.69 Å². The zero-order valence-corrected chi connectivity index (χ0v) is 11.0. The minimum atomic E-state index is 0.182. The highest BCUT2D eigenvalue weighted by Crippen LogP contribution is 2.20. The van der Waals surface area contributed by atoms with Crippen LogP contribution in [-0.4, -0.2) is 17.3 Å². The lowest BCUT2D eigenvalue weighted by Gasteiger charge is -2.13. The quantitative estimate of drug-likeness (QED) is 0.805. The molecule has 0 bridgehead atoms. The Kier molecular flexibility index (Phi) is 3.84. The molecule has 1 saturated carbocycles. The highest BCUT2D eigenvalue weighted by Gasteiger charge is 2.21. The molecule has 2 rings (SSSR count). The Hall–Kier alpha value is -1.29. The Bertz CT molecular complexity index is 402. The average Bonchev–Trinajstić information content (AvgIpc) is 3.00. The number of anilines is 1. The topological polar surface area (TPSA) is 33.3 Å². The minimum Gasteiger partial charge on any atom is -0.491 e. The molecule has 1 aromatic rings. The molecule has 92 valence electrons. The summed E-state index contributed by atoms with van der Waals surface area (Å²) in [7, 11) is 0. The van der Waals surface area contributed by atoms with E-state index in [9.17, 15) is 0 Å². The van der Waals surface area contributed by atoms with Gasteiger partial charge in [-0.15, -0.1) is 0 Å². The van der Waals surface area contributed by atoms with Crippen molar-refractivity contribution >= 4 is 23.0 Å². The van der Waals surface area contributed by atoms with Gasteiger partial charge in [0.1, 0.15) is 5.75 Å².